The van der Waals surface area contributed by atoms with Gasteiger partial charge in [-0.1, -0.05) is 0 Å². The minimum Gasteiger partial charge on any atom is -0.481 e. The number of hydrogen-bond acceptors (Lipinski definition) is 4. The summed E-state index contributed by atoms with van der Waals surface area (Å²) in [6.07, 6.45) is -0.304. The van der Waals surface area contributed by atoms with E-state index in [2.05, 4.69) is 5.32 Å². The molecule has 0 spiro atoms. The Balaban J connectivity index is 2.62. The molecule has 1 aliphatic rings. The molecule has 0 amide bonds. The van der Waals surface area contributed by atoms with E-state index < -0.39 is 17.5 Å². The van der Waals surface area contributed by atoms with Crippen molar-refractivity contribution in [1.82, 2.24) is 5.32 Å². The molecule has 4 N–H and O–H groups in total. The summed E-state index contributed by atoms with van der Waals surface area (Å²) in [5.41, 5.74) is -0.887. The van der Waals surface area contributed by atoms with Crippen LogP contribution in [0.5, 0.6) is 0 Å². The van der Waals surface area contributed by atoms with Gasteiger partial charge in [-0.15, -0.1) is 0 Å². The van der Waals surface area contributed by atoms with Gasteiger partial charge in [0.1, 0.15) is 0 Å². The first kappa shape index (κ1) is 10.4. The summed E-state index contributed by atoms with van der Waals surface area (Å²) >= 11 is 0. The smallest absolute Gasteiger partial charge is 0.311 e. The number of aliphatic hydroxyl groups excluding tert-OH is 2. The molecule has 5 nitrogen and oxygen atoms in total. The van der Waals surface area contributed by atoms with Crippen molar-refractivity contribution < 1.29 is 20.1 Å². The van der Waals surface area contributed by atoms with Crippen molar-refractivity contribution in [2.45, 2.75) is 18.9 Å². The highest BCUT2D eigenvalue weighted by Gasteiger charge is 2.42. The number of nitrogens with one attached hydrogen (secondary N) is 1. The second-order valence-electron chi connectivity index (χ2n) is 3.55. The Kier molecular flexibility index (Phi) is 3.24. The fourth-order valence-electron chi connectivity index (χ4n) is 1.70. The molecule has 2 atom stereocenters. The molecule has 0 aromatic heterocycles. The van der Waals surface area contributed by atoms with Crippen molar-refractivity contribution in [3.05, 3.63) is 0 Å². The van der Waals surface area contributed by atoms with Gasteiger partial charge in [0.2, 0.25) is 0 Å². The Labute approximate surface area is 76.4 Å². The van der Waals surface area contributed by atoms with E-state index in [0.29, 0.717) is 19.5 Å². The average molecular weight is 189 g/mol. The molecule has 0 aliphatic carbocycles. The average Bonchev–Trinajstić information content (AvgIpc) is 2.54. The van der Waals surface area contributed by atoms with Crippen molar-refractivity contribution in [1.29, 1.82) is 0 Å². The van der Waals surface area contributed by atoms with Crippen LogP contribution in [0, 0.1) is 5.41 Å². The first-order chi connectivity index (χ1) is 6.10. The molecule has 1 fully saturated rings. The number of aliphatic carboxylic acids is 1. The first-order valence-corrected chi connectivity index (χ1v) is 4.34. The lowest BCUT2D eigenvalue weighted by molar-refractivity contribution is -0.150. The van der Waals surface area contributed by atoms with E-state index in [1.165, 1.54) is 0 Å². The van der Waals surface area contributed by atoms with Crippen LogP contribution < -0.4 is 5.32 Å². The Morgan fingerprint density at radius 2 is 2.31 bits per heavy atom. The molecule has 0 aromatic carbocycles. The molecule has 76 valence electrons. The Hall–Kier alpha value is -0.650. The van der Waals surface area contributed by atoms with Crippen LogP contribution in [-0.4, -0.2) is 47.1 Å². The topological polar surface area (TPSA) is 89.8 Å². The summed E-state index contributed by atoms with van der Waals surface area (Å²) in [6, 6.07) is 0. The van der Waals surface area contributed by atoms with Crippen molar-refractivity contribution in [3.8, 4) is 0 Å². The third-order valence-electron chi connectivity index (χ3n) is 2.53. The number of rotatable bonds is 4. The third kappa shape index (κ3) is 2.18. The summed E-state index contributed by atoms with van der Waals surface area (Å²) in [6.45, 7) is 0.652. The van der Waals surface area contributed by atoms with Crippen molar-refractivity contribution in [2.75, 3.05) is 19.7 Å². The molecule has 0 aromatic rings. The van der Waals surface area contributed by atoms with E-state index in [1.54, 1.807) is 0 Å². The Bertz CT molecular complexity index is 189. The summed E-state index contributed by atoms with van der Waals surface area (Å²) in [7, 11) is 0. The molecule has 1 rings (SSSR count). The van der Waals surface area contributed by atoms with Gasteiger partial charge in [0, 0.05) is 6.54 Å². The zero-order chi connectivity index (χ0) is 9.90. The number of aliphatic hydroxyl groups is 2. The first-order valence-electron chi connectivity index (χ1n) is 4.34. The van der Waals surface area contributed by atoms with E-state index in [9.17, 15) is 9.90 Å². The van der Waals surface area contributed by atoms with Gasteiger partial charge in [0.25, 0.3) is 0 Å². The number of hydrogen-bond donors (Lipinski definition) is 4. The van der Waals surface area contributed by atoms with Gasteiger partial charge in [-0.2, -0.15) is 0 Å². The van der Waals surface area contributed by atoms with Gasteiger partial charge >= 0.3 is 5.97 Å². The summed E-state index contributed by atoms with van der Waals surface area (Å²) < 4.78 is 0. The SMILES string of the molecule is O=C(O)C1(CC(O)CO)CCNC1. The molecule has 13 heavy (non-hydrogen) atoms. The molecule has 0 radical (unpaired) electrons. The third-order valence-corrected chi connectivity index (χ3v) is 2.53. The number of carbonyl (C=O) groups is 1. The van der Waals surface area contributed by atoms with Gasteiger partial charge in [-0.05, 0) is 19.4 Å². The van der Waals surface area contributed by atoms with E-state index in [1.807, 2.05) is 0 Å². The lowest BCUT2D eigenvalue weighted by atomic mass is 9.81. The van der Waals surface area contributed by atoms with Gasteiger partial charge in [0.05, 0.1) is 18.1 Å². The van der Waals surface area contributed by atoms with Gasteiger partial charge < -0.3 is 20.6 Å². The molecule has 0 bridgehead atoms. The second-order valence-corrected chi connectivity index (χ2v) is 3.55. The molecule has 5 heteroatoms. The lowest BCUT2D eigenvalue weighted by Crippen LogP contribution is -2.37. The number of carboxylic acid groups (broad SMARTS) is 1. The van der Waals surface area contributed by atoms with Gasteiger partial charge in [-0.3, -0.25) is 4.79 Å². The molecule has 0 saturated carbocycles. The fourth-order valence-corrected chi connectivity index (χ4v) is 1.70. The minimum absolute atomic E-state index is 0.117. The van der Waals surface area contributed by atoms with Crippen LogP contribution in [0.2, 0.25) is 0 Å². The summed E-state index contributed by atoms with van der Waals surface area (Å²) in [5, 5.41) is 29.7. The highest BCUT2D eigenvalue weighted by atomic mass is 16.4. The maximum Gasteiger partial charge on any atom is 0.311 e. The summed E-state index contributed by atoms with van der Waals surface area (Å²) in [4.78, 5) is 10.9. The fraction of sp³-hybridized carbons (Fsp3) is 0.875. The predicted molar refractivity (Wildman–Crippen MR) is 45.3 cm³/mol. The highest BCUT2D eigenvalue weighted by Crippen LogP contribution is 2.31. The van der Waals surface area contributed by atoms with Crippen LogP contribution in [0.4, 0.5) is 0 Å². The number of carboxylic acids is 1. The molecule has 1 saturated heterocycles. The van der Waals surface area contributed by atoms with Crippen molar-refractivity contribution >= 4 is 5.97 Å². The van der Waals surface area contributed by atoms with Crippen molar-refractivity contribution in [2.24, 2.45) is 5.41 Å². The Morgan fingerprint density at radius 3 is 2.69 bits per heavy atom. The van der Waals surface area contributed by atoms with E-state index in [-0.39, 0.29) is 13.0 Å². The van der Waals surface area contributed by atoms with E-state index in [4.69, 9.17) is 10.2 Å². The van der Waals surface area contributed by atoms with Gasteiger partial charge in [0.15, 0.2) is 0 Å². The van der Waals surface area contributed by atoms with Crippen molar-refractivity contribution in [3.63, 3.8) is 0 Å². The molecular weight excluding hydrogens is 174 g/mol. The predicted octanol–water partition coefficient (Wildman–Crippen LogP) is -1.21. The maximum absolute atomic E-state index is 10.9. The molecule has 1 heterocycles. The largest absolute Gasteiger partial charge is 0.481 e. The van der Waals surface area contributed by atoms with Crippen LogP contribution in [0.1, 0.15) is 12.8 Å². The lowest BCUT2D eigenvalue weighted by Gasteiger charge is -2.24. The molecule has 2 unspecified atom stereocenters. The maximum atomic E-state index is 10.9. The zero-order valence-electron chi connectivity index (χ0n) is 7.36. The van der Waals surface area contributed by atoms with Crippen LogP contribution in [0.15, 0.2) is 0 Å². The second kappa shape index (κ2) is 4.04. The van der Waals surface area contributed by atoms with Crippen LogP contribution >= 0.6 is 0 Å². The quantitative estimate of drug-likeness (QED) is 0.446. The molecule has 1 aliphatic heterocycles. The highest BCUT2D eigenvalue weighted by molar-refractivity contribution is 5.75. The van der Waals surface area contributed by atoms with Crippen LogP contribution in [0.3, 0.4) is 0 Å². The molecular formula is C8H15NO4. The summed E-state index contributed by atoms with van der Waals surface area (Å²) in [5.74, 6) is -0.898. The monoisotopic (exact) mass is 189 g/mol. The minimum atomic E-state index is -0.934. The Morgan fingerprint density at radius 1 is 1.62 bits per heavy atom. The normalized spacial score (nSPS) is 30.3. The van der Waals surface area contributed by atoms with Gasteiger partial charge in [-0.25, -0.2) is 0 Å². The van der Waals surface area contributed by atoms with Crippen LogP contribution in [-0.2, 0) is 4.79 Å². The standard InChI is InChI=1S/C8H15NO4/c10-4-6(11)3-8(7(12)13)1-2-9-5-8/h6,9-11H,1-5H2,(H,12,13). The van der Waals surface area contributed by atoms with E-state index in [0.717, 1.165) is 0 Å². The van der Waals surface area contributed by atoms with Crippen LogP contribution in [0.25, 0.3) is 0 Å². The van der Waals surface area contributed by atoms with E-state index >= 15 is 0 Å². The zero-order valence-corrected chi connectivity index (χ0v) is 7.36.